The van der Waals surface area contributed by atoms with Crippen LogP contribution in [0.4, 0.5) is 17.1 Å². The molecule has 1 aliphatic carbocycles. The second-order valence-corrected chi connectivity index (χ2v) is 14.8. The molecule has 0 atom stereocenters. The summed E-state index contributed by atoms with van der Waals surface area (Å²) in [6.07, 6.45) is 6.62. The summed E-state index contributed by atoms with van der Waals surface area (Å²) in [6, 6.07) is 64.9. The molecule has 0 bridgehead atoms. The average Bonchev–Trinajstić information content (AvgIpc) is 3.51. The van der Waals surface area contributed by atoms with Gasteiger partial charge < -0.3 is 4.90 Å². The number of hydrogen-bond donors (Lipinski definition) is 0. The number of para-hydroxylation sites is 2. The second-order valence-electron chi connectivity index (χ2n) is 14.8. The molecule has 0 saturated carbocycles. The van der Waals surface area contributed by atoms with Crippen molar-refractivity contribution in [1.29, 1.82) is 0 Å². The molecule has 0 N–H and O–H groups in total. The topological polar surface area (TPSA) is 3.24 Å². The third kappa shape index (κ3) is 5.07. The van der Waals surface area contributed by atoms with E-state index in [0.717, 1.165) is 24.2 Å². The van der Waals surface area contributed by atoms with Crippen LogP contribution in [0, 0.1) is 0 Å². The van der Waals surface area contributed by atoms with Crippen molar-refractivity contribution in [3.8, 4) is 22.3 Å². The Balaban J connectivity index is 0.972. The highest BCUT2D eigenvalue weighted by molar-refractivity contribution is 6.25. The highest BCUT2D eigenvalue weighted by atomic mass is 15.1. The van der Waals surface area contributed by atoms with E-state index >= 15 is 0 Å². The van der Waals surface area contributed by atoms with Crippen LogP contribution >= 0.6 is 0 Å². The van der Waals surface area contributed by atoms with Gasteiger partial charge in [0.1, 0.15) is 0 Å². The number of nitrogens with zero attached hydrogens (tertiary/aromatic N) is 1. The molecular formula is C53H41N. The first-order valence-corrected chi connectivity index (χ1v) is 19.3. The summed E-state index contributed by atoms with van der Waals surface area (Å²) in [5.41, 5.74) is 14.0. The number of benzene rings is 9. The fraction of sp³-hybridized carbons (Fsp3) is 0.0943. The van der Waals surface area contributed by atoms with E-state index in [9.17, 15) is 0 Å². The predicted octanol–water partition coefficient (Wildman–Crippen LogP) is 15.0. The molecule has 0 saturated heterocycles. The van der Waals surface area contributed by atoms with Crippen molar-refractivity contribution >= 4 is 61.5 Å². The minimum atomic E-state index is -0.0497. The molecule has 0 radical (unpaired) electrons. The second kappa shape index (κ2) is 12.9. The Morgan fingerprint density at radius 1 is 0.426 bits per heavy atom. The lowest BCUT2D eigenvalue weighted by molar-refractivity contribution is 0.490. The van der Waals surface area contributed by atoms with Gasteiger partial charge in [-0.05, 0) is 126 Å². The monoisotopic (exact) mass is 691 g/mol. The molecular weight excluding hydrogens is 651 g/mol. The van der Waals surface area contributed by atoms with Crippen LogP contribution in [-0.2, 0) is 5.41 Å². The van der Waals surface area contributed by atoms with E-state index < -0.39 is 0 Å². The highest BCUT2D eigenvalue weighted by Crippen LogP contribution is 2.54. The fourth-order valence-electron chi connectivity index (χ4n) is 9.31. The fourth-order valence-corrected chi connectivity index (χ4v) is 9.31. The van der Waals surface area contributed by atoms with E-state index in [2.05, 4.69) is 207 Å². The quantitative estimate of drug-likeness (QED) is 0.113. The van der Waals surface area contributed by atoms with E-state index in [1.807, 2.05) is 0 Å². The first kappa shape index (κ1) is 32.2. The van der Waals surface area contributed by atoms with E-state index in [0.29, 0.717) is 0 Å². The Morgan fingerprint density at radius 2 is 0.963 bits per heavy atom. The highest BCUT2D eigenvalue weighted by Gasteiger charge is 2.41. The number of hydrogen-bond acceptors (Lipinski definition) is 1. The summed E-state index contributed by atoms with van der Waals surface area (Å²) in [6.45, 7) is 4.71. The lowest BCUT2D eigenvalue weighted by Crippen LogP contribution is -2.23. The first-order valence-electron chi connectivity index (χ1n) is 19.3. The molecule has 9 aromatic carbocycles. The van der Waals surface area contributed by atoms with Crippen LogP contribution in [0.1, 0.15) is 48.9 Å². The molecule has 0 aromatic heterocycles. The van der Waals surface area contributed by atoms with Crippen molar-refractivity contribution in [2.75, 3.05) is 4.90 Å². The maximum absolute atomic E-state index is 2.46. The maximum atomic E-state index is 2.46. The summed E-state index contributed by atoms with van der Waals surface area (Å²) in [5, 5.41) is 7.94. The van der Waals surface area contributed by atoms with Crippen molar-refractivity contribution in [3.05, 3.63) is 198 Å². The molecule has 9 aromatic rings. The summed E-state index contributed by atoms with van der Waals surface area (Å²) in [5.74, 6) is 0. The summed E-state index contributed by atoms with van der Waals surface area (Å²) < 4.78 is 0. The Morgan fingerprint density at radius 3 is 1.63 bits per heavy atom. The average molecular weight is 692 g/mol. The van der Waals surface area contributed by atoms with Gasteiger partial charge in [-0.1, -0.05) is 166 Å². The zero-order chi connectivity index (χ0) is 36.2. The Hall–Kier alpha value is -6.44. The van der Waals surface area contributed by atoms with E-state index in [1.165, 1.54) is 82.5 Å². The van der Waals surface area contributed by atoms with Crippen molar-refractivity contribution in [3.63, 3.8) is 0 Å². The predicted molar refractivity (Wildman–Crippen MR) is 232 cm³/mol. The van der Waals surface area contributed by atoms with Crippen molar-refractivity contribution in [2.45, 2.75) is 32.1 Å². The molecule has 10 rings (SSSR count). The van der Waals surface area contributed by atoms with Crippen LogP contribution in [-0.4, -0.2) is 0 Å². The minimum absolute atomic E-state index is 0.0497. The van der Waals surface area contributed by atoms with Gasteiger partial charge in [-0.15, -0.1) is 0 Å². The Bertz CT molecular complexity index is 2770. The van der Waals surface area contributed by atoms with Crippen molar-refractivity contribution < 1.29 is 0 Å². The van der Waals surface area contributed by atoms with Gasteiger partial charge in [-0.3, -0.25) is 0 Å². The van der Waals surface area contributed by atoms with Gasteiger partial charge in [0.25, 0.3) is 0 Å². The SMILES string of the molecule is CCC1(CC)c2cc(/C=C/c3ccc(-c4ccc5ccc6cccc7ccc4c5c67)cc3)ccc2-c2ccc(N(c3ccccc3)c3ccccc3)cc21. The number of fused-ring (bicyclic) bond motifs is 3. The summed E-state index contributed by atoms with van der Waals surface area (Å²) in [7, 11) is 0. The van der Waals surface area contributed by atoms with Gasteiger partial charge in [0.05, 0.1) is 0 Å². The maximum Gasteiger partial charge on any atom is 0.0465 e. The van der Waals surface area contributed by atoms with Gasteiger partial charge in [0.15, 0.2) is 0 Å². The van der Waals surface area contributed by atoms with Crippen LogP contribution in [0.15, 0.2) is 176 Å². The zero-order valence-corrected chi connectivity index (χ0v) is 30.8. The molecule has 0 spiro atoms. The minimum Gasteiger partial charge on any atom is -0.310 e. The van der Waals surface area contributed by atoms with Crippen LogP contribution in [0.3, 0.4) is 0 Å². The van der Waals surface area contributed by atoms with E-state index in [1.54, 1.807) is 0 Å². The largest absolute Gasteiger partial charge is 0.310 e. The summed E-state index contributed by atoms with van der Waals surface area (Å²) in [4.78, 5) is 2.38. The van der Waals surface area contributed by atoms with Gasteiger partial charge in [0.2, 0.25) is 0 Å². The van der Waals surface area contributed by atoms with Gasteiger partial charge in [0, 0.05) is 22.5 Å². The Kier molecular flexibility index (Phi) is 7.70. The number of rotatable bonds is 8. The number of anilines is 3. The molecule has 0 heterocycles. The first-order chi connectivity index (χ1) is 26.6. The van der Waals surface area contributed by atoms with Gasteiger partial charge in [-0.2, -0.15) is 0 Å². The third-order valence-electron chi connectivity index (χ3n) is 12.1. The van der Waals surface area contributed by atoms with E-state index in [4.69, 9.17) is 0 Å². The van der Waals surface area contributed by atoms with Crippen LogP contribution in [0.2, 0.25) is 0 Å². The van der Waals surface area contributed by atoms with Gasteiger partial charge in [-0.25, -0.2) is 0 Å². The molecule has 0 aliphatic heterocycles. The smallest absolute Gasteiger partial charge is 0.0465 e. The zero-order valence-electron chi connectivity index (χ0n) is 30.8. The van der Waals surface area contributed by atoms with Crippen molar-refractivity contribution in [1.82, 2.24) is 0 Å². The molecule has 0 fully saturated rings. The van der Waals surface area contributed by atoms with Crippen molar-refractivity contribution in [2.24, 2.45) is 0 Å². The lowest BCUT2D eigenvalue weighted by atomic mass is 9.73. The molecule has 0 amide bonds. The van der Waals surface area contributed by atoms with Crippen LogP contribution in [0.25, 0.3) is 66.7 Å². The Labute approximate surface area is 317 Å². The van der Waals surface area contributed by atoms with Crippen LogP contribution in [0.5, 0.6) is 0 Å². The molecule has 1 heteroatoms. The molecule has 1 aliphatic rings. The normalized spacial score (nSPS) is 13.2. The molecule has 1 nitrogen and oxygen atoms in total. The lowest BCUT2D eigenvalue weighted by Gasteiger charge is -2.32. The standard InChI is InChI=1S/C53H41N/c1-3-53(4-2)49-34-37(22-30-46(49)47-33-29-44(35-50(47)53)54(42-14-7-5-8-15-42)43-16-9-6-10-17-43)19-18-36-20-23-38(24-21-36)45-31-27-41-26-25-39-12-11-13-40-28-32-48(45)52(41)51(39)40/h5-35H,3-4H2,1-2H3/b19-18+. The molecule has 258 valence electrons. The third-order valence-corrected chi connectivity index (χ3v) is 12.1. The van der Waals surface area contributed by atoms with E-state index in [-0.39, 0.29) is 5.41 Å². The molecule has 0 unspecified atom stereocenters. The van der Waals surface area contributed by atoms with Crippen LogP contribution < -0.4 is 4.90 Å². The molecule has 54 heavy (non-hydrogen) atoms. The van der Waals surface area contributed by atoms with Gasteiger partial charge >= 0.3 is 0 Å². The summed E-state index contributed by atoms with van der Waals surface area (Å²) >= 11 is 0.